The van der Waals surface area contributed by atoms with Crippen molar-refractivity contribution in [2.45, 2.75) is 13.0 Å². The zero-order valence-corrected chi connectivity index (χ0v) is 13.5. The fraction of sp³-hybridized carbons (Fsp3) is 0.211. The summed E-state index contributed by atoms with van der Waals surface area (Å²) >= 11 is 0. The van der Waals surface area contributed by atoms with Gasteiger partial charge >= 0.3 is 5.97 Å². The van der Waals surface area contributed by atoms with E-state index >= 15 is 0 Å². The number of ether oxygens (including phenoxy) is 2. The van der Waals surface area contributed by atoms with Crippen LogP contribution in [0.15, 0.2) is 53.5 Å². The van der Waals surface area contributed by atoms with Gasteiger partial charge in [-0.05, 0) is 29.8 Å². The average molecular weight is 336 g/mol. The molecule has 0 bridgehead atoms. The molecule has 0 N–H and O–H groups in total. The summed E-state index contributed by atoms with van der Waals surface area (Å²) in [7, 11) is 0. The van der Waals surface area contributed by atoms with Gasteiger partial charge in [-0.3, -0.25) is 4.79 Å². The Kier molecular flexibility index (Phi) is 3.93. The lowest BCUT2D eigenvalue weighted by molar-refractivity contribution is 0.0486. The molecule has 1 aromatic heterocycles. The fourth-order valence-electron chi connectivity index (χ4n) is 2.91. The zero-order valence-electron chi connectivity index (χ0n) is 13.5. The molecule has 1 aliphatic rings. The Morgan fingerprint density at radius 2 is 2.12 bits per heavy atom. The summed E-state index contributed by atoms with van der Waals surface area (Å²) in [4.78, 5) is 24.5. The Morgan fingerprint density at radius 3 is 3.04 bits per heavy atom. The molecule has 1 aliphatic heterocycles. The molecule has 0 saturated carbocycles. The van der Waals surface area contributed by atoms with Crippen LogP contribution in [0.1, 0.15) is 15.9 Å². The highest BCUT2D eigenvalue weighted by Crippen LogP contribution is 2.26. The monoisotopic (exact) mass is 336 g/mol. The minimum absolute atomic E-state index is 0.0810. The van der Waals surface area contributed by atoms with E-state index in [-0.39, 0.29) is 18.7 Å². The maximum absolute atomic E-state index is 12.3. The molecule has 0 fully saturated rings. The average Bonchev–Trinajstić information content (AvgIpc) is 3.11. The molecular weight excluding hydrogens is 320 g/mol. The van der Waals surface area contributed by atoms with Gasteiger partial charge in [0.25, 0.3) is 5.56 Å². The van der Waals surface area contributed by atoms with E-state index in [0.29, 0.717) is 17.6 Å². The van der Waals surface area contributed by atoms with Crippen LogP contribution in [0.25, 0.3) is 10.8 Å². The van der Waals surface area contributed by atoms with E-state index in [4.69, 9.17) is 9.47 Å². The standard InChI is InChI=1S/C19H16N2O4/c22-18-16-4-2-1-3-15(16)12-20-21(18)8-10-25-19(23)14-5-6-17-13(11-14)7-9-24-17/h1-6,11-12H,7-10H2. The van der Waals surface area contributed by atoms with Crippen molar-refractivity contribution in [2.24, 2.45) is 0 Å². The number of hydrogen-bond donors (Lipinski definition) is 0. The topological polar surface area (TPSA) is 70.4 Å². The normalized spacial score (nSPS) is 12.6. The molecule has 4 rings (SSSR count). The van der Waals surface area contributed by atoms with Gasteiger partial charge in [0, 0.05) is 11.8 Å². The molecule has 0 saturated heterocycles. The predicted molar refractivity (Wildman–Crippen MR) is 91.9 cm³/mol. The summed E-state index contributed by atoms with van der Waals surface area (Å²) in [5, 5.41) is 5.51. The van der Waals surface area contributed by atoms with Gasteiger partial charge in [-0.2, -0.15) is 5.10 Å². The first kappa shape index (κ1) is 15.4. The first-order valence-electron chi connectivity index (χ1n) is 8.10. The number of hydrogen-bond acceptors (Lipinski definition) is 5. The lowest BCUT2D eigenvalue weighted by atomic mass is 10.1. The Bertz CT molecular complexity index is 1010. The van der Waals surface area contributed by atoms with Crippen molar-refractivity contribution in [2.75, 3.05) is 13.2 Å². The highest BCUT2D eigenvalue weighted by molar-refractivity contribution is 5.90. The third kappa shape index (κ3) is 2.98. The van der Waals surface area contributed by atoms with Gasteiger partial charge in [0.1, 0.15) is 12.4 Å². The summed E-state index contributed by atoms with van der Waals surface area (Å²) in [6.45, 7) is 0.936. The Hall–Kier alpha value is -3.15. The van der Waals surface area contributed by atoms with E-state index < -0.39 is 5.97 Å². The zero-order chi connectivity index (χ0) is 17.2. The summed E-state index contributed by atoms with van der Waals surface area (Å²) in [6, 6.07) is 12.5. The van der Waals surface area contributed by atoms with Crippen LogP contribution in [-0.2, 0) is 17.7 Å². The summed E-state index contributed by atoms with van der Waals surface area (Å²) in [5.74, 6) is 0.409. The smallest absolute Gasteiger partial charge is 0.338 e. The van der Waals surface area contributed by atoms with Crippen molar-refractivity contribution >= 4 is 16.7 Å². The molecular formula is C19H16N2O4. The first-order chi connectivity index (χ1) is 12.2. The second-order valence-corrected chi connectivity index (χ2v) is 5.82. The molecule has 0 aliphatic carbocycles. The van der Waals surface area contributed by atoms with Crippen molar-refractivity contribution in [3.63, 3.8) is 0 Å². The number of esters is 1. The molecule has 0 atom stereocenters. The molecule has 0 radical (unpaired) electrons. The molecule has 6 nitrogen and oxygen atoms in total. The third-order valence-electron chi connectivity index (χ3n) is 4.22. The van der Waals surface area contributed by atoms with E-state index in [1.54, 1.807) is 30.5 Å². The Balaban J connectivity index is 1.43. The van der Waals surface area contributed by atoms with E-state index in [1.165, 1.54) is 4.68 Å². The number of carbonyl (C=O) groups is 1. The van der Waals surface area contributed by atoms with Crippen molar-refractivity contribution in [1.29, 1.82) is 0 Å². The van der Waals surface area contributed by atoms with Gasteiger partial charge in [0.05, 0.1) is 30.3 Å². The number of fused-ring (bicyclic) bond motifs is 2. The van der Waals surface area contributed by atoms with Gasteiger partial charge in [-0.25, -0.2) is 9.48 Å². The van der Waals surface area contributed by atoms with Crippen LogP contribution in [0.5, 0.6) is 5.75 Å². The minimum Gasteiger partial charge on any atom is -0.493 e. The van der Waals surface area contributed by atoms with Gasteiger partial charge in [0.2, 0.25) is 0 Å². The number of benzene rings is 2. The highest BCUT2D eigenvalue weighted by Gasteiger charge is 2.16. The van der Waals surface area contributed by atoms with Gasteiger partial charge < -0.3 is 9.47 Å². The minimum atomic E-state index is -0.413. The van der Waals surface area contributed by atoms with E-state index in [2.05, 4.69) is 5.10 Å². The molecule has 3 aromatic rings. The number of nitrogens with zero attached hydrogens (tertiary/aromatic N) is 2. The summed E-state index contributed by atoms with van der Waals surface area (Å²) in [5.41, 5.74) is 1.31. The SMILES string of the molecule is O=C(OCCn1ncc2ccccc2c1=O)c1ccc2c(c1)CCO2. The van der Waals surface area contributed by atoms with Crippen molar-refractivity contribution < 1.29 is 14.3 Å². The molecule has 0 spiro atoms. The van der Waals surface area contributed by atoms with E-state index in [1.807, 2.05) is 18.2 Å². The van der Waals surface area contributed by atoms with Crippen LogP contribution in [0.3, 0.4) is 0 Å². The number of rotatable bonds is 4. The van der Waals surface area contributed by atoms with Crippen molar-refractivity contribution in [3.8, 4) is 5.75 Å². The number of carbonyl (C=O) groups excluding carboxylic acids is 1. The van der Waals surface area contributed by atoms with Crippen LogP contribution in [0.4, 0.5) is 0 Å². The van der Waals surface area contributed by atoms with Crippen molar-refractivity contribution in [3.05, 3.63) is 70.1 Å². The van der Waals surface area contributed by atoms with Crippen LogP contribution in [-0.4, -0.2) is 29.0 Å². The highest BCUT2D eigenvalue weighted by atomic mass is 16.5. The maximum Gasteiger partial charge on any atom is 0.338 e. The summed E-state index contributed by atoms with van der Waals surface area (Å²) < 4.78 is 12.0. The molecule has 6 heteroatoms. The van der Waals surface area contributed by atoms with Crippen LogP contribution < -0.4 is 10.3 Å². The number of aromatic nitrogens is 2. The van der Waals surface area contributed by atoms with Crippen LogP contribution in [0.2, 0.25) is 0 Å². The van der Waals surface area contributed by atoms with E-state index in [0.717, 1.165) is 23.1 Å². The molecule has 126 valence electrons. The van der Waals surface area contributed by atoms with Gasteiger partial charge in [0.15, 0.2) is 0 Å². The first-order valence-corrected chi connectivity index (χ1v) is 8.10. The second-order valence-electron chi connectivity index (χ2n) is 5.82. The molecule has 0 unspecified atom stereocenters. The van der Waals surface area contributed by atoms with Crippen LogP contribution in [0, 0.1) is 0 Å². The van der Waals surface area contributed by atoms with Crippen LogP contribution >= 0.6 is 0 Å². The molecule has 2 aromatic carbocycles. The molecule has 25 heavy (non-hydrogen) atoms. The lowest BCUT2D eigenvalue weighted by Gasteiger charge is -2.08. The predicted octanol–water partition coefficient (Wildman–Crippen LogP) is 2.19. The summed E-state index contributed by atoms with van der Waals surface area (Å²) in [6.07, 6.45) is 2.44. The quantitative estimate of drug-likeness (QED) is 0.683. The van der Waals surface area contributed by atoms with Gasteiger partial charge in [-0.15, -0.1) is 0 Å². The maximum atomic E-state index is 12.3. The lowest BCUT2D eigenvalue weighted by Crippen LogP contribution is -2.25. The van der Waals surface area contributed by atoms with Gasteiger partial charge in [-0.1, -0.05) is 18.2 Å². The second kappa shape index (κ2) is 6.39. The van der Waals surface area contributed by atoms with Crippen molar-refractivity contribution in [1.82, 2.24) is 9.78 Å². The molecule has 2 heterocycles. The van der Waals surface area contributed by atoms with E-state index in [9.17, 15) is 9.59 Å². The molecule has 0 amide bonds. The Morgan fingerprint density at radius 1 is 1.24 bits per heavy atom. The Labute approximate surface area is 143 Å². The largest absolute Gasteiger partial charge is 0.493 e. The fourth-order valence-corrected chi connectivity index (χ4v) is 2.91. The third-order valence-corrected chi connectivity index (χ3v) is 4.22.